The van der Waals surface area contributed by atoms with Gasteiger partial charge in [0.2, 0.25) is 0 Å². The minimum Gasteiger partial charge on any atom is -0.368 e. The molecule has 2 nitrogen and oxygen atoms in total. The summed E-state index contributed by atoms with van der Waals surface area (Å²) in [6, 6.07) is 0.459. The number of rotatable bonds is 2. The first-order chi connectivity index (χ1) is 5.65. The number of nitrogens with one attached hydrogen (secondary N) is 1. The van der Waals surface area contributed by atoms with Gasteiger partial charge in [0.1, 0.15) is 0 Å². The van der Waals surface area contributed by atoms with Gasteiger partial charge in [-0.15, -0.1) is 0 Å². The van der Waals surface area contributed by atoms with Crippen molar-refractivity contribution in [3.05, 3.63) is 23.6 Å². The van der Waals surface area contributed by atoms with Gasteiger partial charge in [0.15, 0.2) is 17.5 Å². The van der Waals surface area contributed by atoms with E-state index in [2.05, 4.69) is 10.3 Å². The Morgan fingerprint density at radius 2 is 2.00 bits per heavy atom. The Bertz CT molecular complexity index is 288. The Morgan fingerprint density at radius 3 is 2.58 bits per heavy atom. The van der Waals surface area contributed by atoms with Gasteiger partial charge >= 0.3 is 0 Å². The van der Waals surface area contributed by atoms with Crippen molar-refractivity contribution in [3.8, 4) is 0 Å². The predicted molar refractivity (Wildman–Crippen MR) is 38.3 cm³/mol. The smallest absolute Gasteiger partial charge is 0.251 e. The van der Waals surface area contributed by atoms with Gasteiger partial charge in [-0.3, -0.25) is 0 Å². The van der Waals surface area contributed by atoms with Gasteiger partial charge in [0.05, 0.1) is 0 Å². The zero-order valence-corrected chi connectivity index (χ0v) is 6.37. The van der Waals surface area contributed by atoms with E-state index in [1.807, 2.05) is 0 Å². The topological polar surface area (TPSA) is 24.9 Å². The highest BCUT2D eigenvalue weighted by Crippen LogP contribution is 2.13. The Kier molecular flexibility index (Phi) is 2.52. The van der Waals surface area contributed by atoms with E-state index < -0.39 is 17.6 Å². The van der Waals surface area contributed by atoms with Gasteiger partial charge < -0.3 is 5.32 Å². The maximum atomic E-state index is 12.7. The van der Waals surface area contributed by atoms with Crippen molar-refractivity contribution in [1.82, 2.24) is 4.98 Å². The molecule has 0 saturated carbocycles. The summed E-state index contributed by atoms with van der Waals surface area (Å²) in [5.41, 5.74) is 0. The van der Waals surface area contributed by atoms with Gasteiger partial charge in [0.25, 0.3) is 5.95 Å². The molecule has 0 aliphatic carbocycles. The maximum Gasteiger partial charge on any atom is 0.251 e. The van der Waals surface area contributed by atoms with E-state index in [0.717, 1.165) is 0 Å². The second-order valence-electron chi connectivity index (χ2n) is 2.12. The van der Waals surface area contributed by atoms with Crippen LogP contribution < -0.4 is 5.32 Å². The van der Waals surface area contributed by atoms with Crippen LogP contribution in [0.15, 0.2) is 6.07 Å². The molecule has 0 atom stereocenters. The molecule has 0 unspecified atom stereocenters. The lowest BCUT2D eigenvalue weighted by atomic mass is 10.4. The fourth-order valence-corrected chi connectivity index (χ4v) is 0.736. The van der Waals surface area contributed by atoms with Gasteiger partial charge in [-0.25, -0.2) is 8.78 Å². The third kappa shape index (κ3) is 1.66. The maximum absolute atomic E-state index is 12.7. The van der Waals surface area contributed by atoms with Crippen molar-refractivity contribution >= 4 is 5.82 Å². The lowest BCUT2D eigenvalue weighted by molar-refractivity contribution is 0.466. The first kappa shape index (κ1) is 8.83. The average molecular weight is 176 g/mol. The SMILES string of the molecule is CCNc1nc(F)c(F)cc1F. The molecule has 0 fully saturated rings. The molecule has 5 heteroatoms. The molecule has 0 aromatic carbocycles. The lowest BCUT2D eigenvalue weighted by Crippen LogP contribution is -2.04. The van der Waals surface area contributed by atoms with Crippen molar-refractivity contribution < 1.29 is 13.2 Å². The molecule has 1 heterocycles. The predicted octanol–water partition coefficient (Wildman–Crippen LogP) is 1.93. The van der Waals surface area contributed by atoms with Crippen LogP contribution in [0.4, 0.5) is 19.0 Å². The van der Waals surface area contributed by atoms with Crippen molar-refractivity contribution in [2.45, 2.75) is 6.92 Å². The summed E-state index contributed by atoms with van der Waals surface area (Å²) in [6.45, 7) is 2.09. The number of pyridine rings is 1. The number of anilines is 1. The number of aromatic nitrogens is 1. The fraction of sp³-hybridized carbons (Fsp3) is 0.286. The standard InChI is InChI=1S/C7H7F3N2/c1-2-11-7-5(9)3-4(8)6(10)12-7/h3H,2H2,1H3,(H,11,12). The summed E-state index contributed by atoms with van der Waals surface area (Å²) in [5.74, 6) is -3.74. The largest absolute Gasteiger partial charge is 0.368 e. The number of nitrogens with zero attached hydrogens (tertiary/aromatic N) is 1. The molecule has 1 rings (SSSR count). The first-order valence-electron chi connectivity index (χ1n) is 3.40. The number of halogens is 3. The zero-order valence-electron chi connectivity index (χ0n) is 6.37. The number of hydrogen-bond acceptors (Lipinski definition) is 2. The van der Waals surface area contributed by atoms with Crippen molar-refractivity contribution in [3.63, 3.8) is 0 Å². The fourth-order valence-electron chi connectivity index (χ4n) is 0.736. The summed E-state index contributed by atoms with van der Waals surface area (Å²) in [6.07, 6.45) is 0. The Morgan fingerprint density at radius 1 is 1.33 bits per heavy atom. The van der Waals surface area contributed by atoms with Crippen LogP contribution in [0.5, 0.6) is 0 Å². The van der Waals surface area contributed by atoms with E-state index in [9.17, 15) is 13.2 Å². The van der Waals surface area contributed by atoms with E-state index in [0.29, 0.717) is 12.6 Å². The highest BCUT2D eigenvalue weighted by Gasteiger charge is 2.09. The Labute approximate surface area is 67.4 Å². The molecule has 12 heavy (non-hydrogen) atoms. The molecule has 0 bridgehead atoms. The Hall–Kier alpha value is -1.26. The summed E-state index contributed by atoms with van der Waals surface area (Å²) in [7, 11) is 0. The molecule has 0 aliphatic heterocycles. The summed E-state index contributed by atoms with van der Waals surface area (Å²) >= 11 is 0. The molecule has 0 aliphatic rings. The van der Waals surface area contributed by atoms with Gasteiger partial charge in [-0.2, -0.15) is 9.37 Å². The quantitative estimate of drug-likeness (QED) is 0.696. The monoisotopic (exact) mass is 176 g/mol. The molecule has 0 amide bonds. The highest BCUT2D eigenvalue weighted by molar-refractivity contribution is 5.35. The minimum absolute atomic E-state index is 0.267. The van der Waals surface area contributed by atoms with Crippen molar-refractivity contribution in [1.29, 1.82) is 0 Å². The average Bonchev–Trinajstić information content (AvgIpc) is 2.01. The second-order valence-corrected chi connectivity index (χ2v) is 2.12. The van der Waals surface area contributed by atoms with E-state index in [-0.39, 0.29) is 5.82 Å². The Balaban J connectivity index is 3.05. The van der Waals surface area contributed by atoms with Crippen LogP contribution in [0.3, 0.4) is 0 Å². The van der Waals surface area contributed by atoms with E-state index in [4.69, 9.17) is 0 Å². The van der Waals surface area contributed by atoms with E-state index in [1.165, 1.54) is 0 Å². The van der Waals surface area contributed by atoms with E-state index in [1.54, 1.807) is 6.92 Å². The van der Waals surface area contributed by atoms with Crippen LogP contribution in [-0.4, -0.2) is 11.5 Å². The molecular weight excluding hydrogens is 169 g/mol. The molecule has 1 aromatic rings. The molecule has 0 radical (unpaired) electrons. The van der Waals surface area contributed by atoms with Crippen molar-refractivity contribution in [2.75, 3.05) is 11.9 Å². The van der Waals surface area contributed by atoms with Crippen LogP contribution in [0.2, 0.25) is 0 Å². The van der Waals surface area contributed by atoms with Crippen LogP contribution >= 0.6 is 0 Å². The lowest BCUT2D eigenvalue weighted by Gasteiger charge is -2.02. The second kappa shape index (κ2) is 3.42. The van der Waals surface area contributed by atoms with Crippen molar-refractivity contribution in [2.24, 2.45) is 0 Å². The molecule has 1 N–H and O–H groups in total. The molecule has 0 spiro atoms. The van der Waals surface area contributed by atoms with Crippen LogP contribution in [0.25, 0.3) is 0 Å². The minimum atomic E-state index is -1.30. The first-order valence-corrected chi connectivity index (χ1v) is 3.40. The summed E-state index contributed by atoms with van der Waals surface area (Å²) in [4.78, 5) is 3.03. The van der Waals surface area contributed by atoms with Crippen LogP contribution in [0.1, 0.15) is 6.92 Å². The third-order valence-corrected chi connectivity index (χ3v) is 1.23. The third-order valence-electron chi connectivity index (χ3n) is 1.23. The highest BCUT2D eigenvalue weighted by atomic mass is 19.2. The normalized spacial score (nSPS) is 10.0. The number of hydrogen-bond donors (Lipinski definition) is 1. The van der Waals surface area contributed by atoms with E-state index >= 15 is 0 Å². The van der Waals surface area contributed by atoms with Crippen LogP contribution in [-0.2, 0) is 0 Å². The zero-order chi connectivity index (χ0) is 9.14. The van der Waals surface area contributed by atoms with Gasteiger partial charge in [-0.1, -0.05) is 0 Å². The summed E-state index contributed by atoms with van der Waals surface area (Å²) < 4.78 is 37.4. The molecular formula is C7H7F3N2. The molecule has 66 valence electrons. The van der Waals surface area contributed by atoms with Gasteiger partial charge in [-0.05, 0) is 6.92 Å². The van der Waals surface area contributed by atoms with Crippen LogP contribution in [0, 0.1) is 17.6 Å². The van der Waals surface area contributed by atoms with Gasteiger partial charge in [0, 0.05) is 12.6 Å². The molecule has 0 saturated heterocycles. The molecule has 1 aromatic heterocycles. The summed E-state index contributed by atoms with van der Waals surface area (Å²) in [5, 5.41) is 2.45.